The molecule has 6 nitrogen and oxygen atoms in total. The molecule has 1 amide bonds. The Bertz CT molecular complexity index is 789. The molecular formula is C17H20N2O4S. The number of ether oxygens (including phenoxy) is 1. The van der Waals surface area contributed by atoms with Gasteiger partial charge in [0, 0.05) is 12.7 Å². The van der Waals surface area contributed by atoms with E-state index in [1.807, 2.05) is 6.07 Å². The van der Waals surface area contributed by atoms with Crippen LogP contribution in [0, 0.1) is 0 Å². The number of hydrogen-bond acceptors (Lipinski definition) is 4. The van der Waals surface area contributed by atoms with Crippen LogP contribution < -0.4 is 10.1 Å². The quantitative estimate of drug-likeness (QED) is 0.869. The van der Waals surface area contributed by atoms with Crippen LogP contribution in [0.3, 0.4) is 0 Å². The first-order valence-corrected chi connectivity index (χ1v) is 9.10. The molecule has 128 valence electrons. The van der Waals surface area contributed by atoms with E-state index < -0.39 is 22.0 Å². The highest BCUT2D eigenvalue weighted by Gasteiger charge is 2.30. The number of nitrogens with one attached hydrogen (secondary N) is 1. The number of rotatable bonds is 6. The average Bonchev–Trinajstić information content (AvgIpc) is 2.56. The van der Waals surface area contributed by atoms with Crippen LogP contribution >= 0.6 is 0 Å². The summed E-state index contributed by atoms with van der Waals surface area (Å²) >= 11 is 0. The van der Waals surface area contributed by atoms with E-state index in [2.05, 4.69) is 5.32 Å². The second-order valence-electron chi connectivity index (χ2n) is 5.31. The van der Waals surface area contributed by atoms with E-state index in [0.29, 0.717) is 17.0 Å². The zero-order valence-corrected chi connectivity index (χ0v) is 14.6. The number of nitrogens with zero attached hydrogens (tertiary/aromatic N) is 1. The van der Waals surface area contributed by atoms with Crippen molar-refractivity contribution in [3.63, 3.8) is 0 Å². The topological polar surface area (TPSA) is 75.7 Å². The van der Waals surface area contributed by atoms with E-state index in [4.69, 9.17) is 4.74 Å². The van der Waals surface area contributed by atoms with Crippen LogP contribution in [-0.4, -0.2) is 39.0 Å². The van der Waals surface area contributed by atoms with Crippen molar-refractivity contribution in [2.24, 2.45) is 0 Å². The Morgan fingerprint density at radius 2 is 1.67 bits per heavy atom. The van der Waals surface area contributed by atoms with Crippen LogP contribution in [-0.2, 0) is 14.8 Å². The standard InChI is InChI=1S/C17H20N2O4S/c1-19(24(3,21)22)16(13-7-5-4-6-8-13)17(20)18-14-9-11-15(23-2)12-10-14/h4-12,16H,1-3H3,(H,18,20)/t16-/m1/s1. The minimum Gasteiger partial charge on any atom is -0.497 e. The van der Waals surface area contributed by atoms with Gasteiger partial charge >= 0.3 is 0 Å². The van der Waals surface area contributed by atoms with Crippen molar-refractivity contribution in [3.8, 4) is 5.75 Å². The van der Waals surface area contributed by atoms with Crippen molar-refractivity contribution in [1.82, 2.24) is 4.31 Å². The number of benzene rings is 2. The molecule has 0 spiro atoms. The van der Waals surface area contributed by atoms with Gasteiger partial charge in [0.1, 0.15) is 11.8 Å². The third-order valence-corrected chi connectivity index (χ3v) is 4.87. The van der Waals surface area contributed by atoms with Gasteiger partial charge in [-0.25, -0.2) is 8.42 Å². The molecule has 1 N–H and O–H groups in total. The number of carbonyl (C=O) groups is 1. The number of carbonyl (C=O) groups excluding carboxylic acids is 1. The Balaban J connectivity index is 2.30. The fourth-order valence-electron chi connectivity index (χ4n) is 2.24. The van der Waals surface area contributed by atoms with Crippen LogP contribution in [0.15, 0.2) is 54.6 Å². The normalized spacial score (nSPS) is 12.7. The fraction of sp³-hybridized carbons (Fsp3) is 0.235. The van der Waals surface area contributed by atoms with Crippen LogP contribution in [0.1, 0.15) is 11.6 Å². The van der Waals surface area contributed by atoms with E-state index in [1.54, 1.807) is 55.6 Å². The van der Waals surface area contributed by atoms with Crippen molar-refractivity contribution < 1.29 is 17.9 Å². The van der Waals surface area contributed by atoms with Crippen LogP contribution in [0.25, 0.3) is 0 Å². The molecule has 0 bridgehead atoms. The maximum absolute atomic E-state index is 12.7. The van der Waals surface area contributed by atoms with Crippen molar-refractivity contribution in [2.75, 3.05) is 25.7 Å². The molecule has 7 heteroatoms. The fourth-order valence-corrected chi connectivity index (χ4v) is 2.84. The molecule has 24 heavy (non-hydrogen) atoms. The summed E-state index contributed by atoms with van der Waals surface area (Å²) in [4.78, 5) is 12.7. The van der Waals surface area contributed by atoms with Crippen LogP contribution in [0.4, 0.5) is 5.69 Å². The van der Waals surface area contributed by atoms with E-state index in [1.165, 1.54) is 7.05 Å². The van der Waals surface area contributed by atoms with Crippen molar-refractivity contribution >= 4 is 21.6 Å². The SMILES string of the molecule is COc1ccc(NC(=O)[C@@H](c2ccccc2)N(C)S(C)(=O)=O)cc1. The Morgan fingerprint density at radius 1 is 1.08 bits per heavy atom. The van der Waals surface area contributed by atoms with Crippen LogP contribution in [0.5, 0.6) is 5.75 Å². The Morgan fingerprint density at radius 3 is 2.17 bits per heavy atom. The lowest BCUT2D eigenvalue weighted by Gasteiger charge is -2.25. The molecule has 2 aromatic carbocycles. The minimum absolute atomic E-state index is 0.431. The highest BCUT2D eigenvalue weighted by Crippen LogP contribution is 2.24. The number of likely N-dealkylation sites (N-methyl/N-ethyl adjacent to an activating group) is 1. The number of hydrogen-bond donors (Lipinski definition) is 1. The molecule has 0 aliphatic carbocycles. The first-order valence-electron chi connectivity index (χ1n) is 7.26. The van der Waals surface area contributed by atoms with Gasteiger partial charge in [0.05, 0.1) is 13.4 Å². The number of methoxy groups -OCH3 is 1. The molecule has 1 atom stereocenters. The molecule has 0 saturated heterocycles. The number of amides is 1. The number of sulfonamides is 1. The molecule has 0 fully saturated rings. The molecule has 2 aromatic rings. The molecule has 0 saturated carbocycles. The monoisotopic (exact) mass is 348 g/mol. The zero-order valence-electron chi connectivity index (χ0n) is 13.8. The van der Waals surface area contributed by atoms with Crippen molar-refractivity contribution in [1.29, 1.82) is 0 Å². The lowest BCUT2D eigenvalue weighted by atomic mass is 10.1. The summed E-state index contributed by atoms with van der Waals surface area (Å²) in [6, 6.07) is 14.6. The predicted octanol–water partition coefficient (Wildman–Crippen LogP) is 2.27. The summed E-state index contributed by atoms with van der Waals surface area (Å²) < 4.78 is 30.0. The van der Waals surface area contributed by atoms with Crippen LogP contribution in [0.2, 0.25) is 0 Å². The van der Waals surface area contributed by atoms with E-state index in [0.717, 1.165) is 10.6 Å². The van der Waals surface area contributed by atoms with Gasteiger partial charge in [-0.1, -0.05) is 30.3 Å². The maximum Gasteiger partial charge on any atom is 0.247 e. The number of anilines is 1. The van der Waals surface area contributed by atoms with Crippen molar-refractivity contribution in [2.45, 2.75) is 6.04 Å². The predicted molar refractivity (Wildman–Crippen MR) is 93.4 cm³/mol. The van der Waals surface area contributed by atoms with Gasteiger partial charge in [-0.2, -0.15) is 4.31 Å². The first-order chi connectivity index (χ1) is 11.3. The van der Waals surface area contributed by atoms with Gasteiger partial charge in [-0.05, 0) is 29.8 Å². The summed E-state index contributed by atoms with van der Waals surface area (Å²) in [6.45, 7) is 0. The maximum atomic E-state index is 12.7. The van der Waals surface area contributed by atoms with Gasteiger partial charge < -0.3 is 10.1 Å². The molecule has 0 heterocycles. The molecule has 0 unspecified atom stereocenters. The summed E-state index contributed by atoms with van der Waals surface area (Å²) in [7, 11) is -0.601. The molecule has 0 aromatic heterocycles. The average molecular weight is 348 g/mol. The van der Waals surface area contributed by atoms with Gasteiger partial charge in [0.2, 0.25) is 15.9 Å². The highest BCUT2D eigenvalue weighted by molar-refractivity contribution is 7.88. The molecule has 0 aliphatic heterocycles. The van der Waals surface area contributed by atoms with Gasteiger partial charge in [-0.3, -0.25) is 4.79 Å². The highest BCUT2D eigenvalue weighted by atomic mass is 32.2. The third-order valence-electron chi connectivity index (χ3n) is 3.61. The first kappa shape index (κ1) is 18.0. The third kappa shape index (κ3) is 4.33. The molecule has 0 aliphatic rings. The second kappa shape index (κ2) is 7.46. The van der Waals surface area contributed by atoms with E-state index in [9.17, 15) is 13.2 Å². The van der Waals surface area contributed by atoms with Gasteiger partial charge in [-0.15, -0.1) is 0 Å². The molecular weight excluding hydrogens is 328 g/mol. The Labute approximate surface area is 142 Å². The van der Waals surface area contributed by atoms with E-state index in [-0.39, 0.29) is 0 Å². The summed E-state index contributed by atoms with van der Waals surface area (Å²) in [6.07, 6.45) is 1.07. The Kier molecular flexibility index (Phi) is 5.58. The summed E-state index contributed by atoms with van der Waals surface area (Å²) in [5, 5.41) is 2.74. The largest absolute Gasteiger partial charge is 0.497 e. The molecule has 0 radical (unpaired) electrons. The van der Waals surface area contributed by atoms with Crippen molar-refractivity contribution in [3.05, 3.63) is 60.2 Å². The summed E-state index contributed by atoms with van der Waals surface area (Å²) in [5.41, 5.74) is 1.15. The second-order valence-corrected chi connectivity index (χ2v) is 7.35. The smallest absolute Gasteiger partial charge is 0.247 e. The lowest BCUT2D eigenvalue weighted by molar-refractivity contribution is -0.119. The summed E-state index contributed by atoms with van der Waals surface area (Å²) in [5.74, 6) is 0.236. The Hall–Kier alpha value is -2.38. The minimum atomic E-state index is -3.55. The molecule has 2 rings (SSSR count). The van der Waals surface area contributed by atoms with Gasteiger partial charge in [0.25, 0.3) is 0 Å². The van der Waals surface area contributed by atoms with E-state index >= 15 is 0 Å². The lowest BCUT2D eigenvalue weighted by Crippen LogP contribution is -2.38. The van der Waals surface area contributed by atoms with Gasteiger partial charge in [0.15, 0.2) is 0 Å². The zero-order chi connectivity index (χ0) is 17.7.